The summed E-state index contributed by atoms with van der Waals surface area (Å²) in [6.07, 6.45) is 7.35. The minimum absolute atomic E-state index is 0.452. The lowest BCUT2D eigenvalue weighted by molar-refractivity contribution is -0.134. The number of rotatable bonds is 6. The molecule has 92 valence electrons. The molecule has 3 heteroatoms. The SMILES string of the molecule is CC(=O)O.CCCCCCCC(C)(C)O. The molecule has 15 heavy (non-hydrogen) atoms. The normalized spacial score (nSPS) is 10.5. The van der Waals surface area contributed by atoms with E-state index in [0.717, 1.165) is 13.3 Å². The van der Waals surface area contributed by atoms with E-state index < -0.39 is 11.6 Å². The molecule has 0 aromatic heterocycles. The molecule has 0 atom stereocenters. The van der Waals surface area contributed by atoms with Crippen LogP contribution < -0.4 is 0 Å². The van der Waals surface area contributed by atoms with Gasteiger partial charge in [-0.05, 0) is 20.3 Å². The summed E-state index contributed by atoms with van der Waals surface area (Å²) in [6, 6.07) is 0. The summed E-state index contributed by atoms with van der Waals surface area (Å²) in [5, 5.41) is 16.8. The lowest BCUT2D eigenvalue weighted by Gasteiger charge is -2.16. The van der Waals surface area contributed by atoms with Gasteiger partial charge < -0.3 is 10.2 Å². The van der Waals surface area contributed by atoms with Crippen LogP contribution in [-0.2, 0) is 4.79 Å². The van der Waals surface area contributed by atoms with E-state index in [9.17, 15) is 5.11 Å². The monoisotopic (exact) mass is 218 g/mol. The highest BCUT2D eigenvalue weighted by molar-refractivity contribution is 5.62. The van der Waals surface area contributed by atoms with Gasteiger partial charge in [0.05, 0.1) is 5.60 Å². The molecule has 0 unspecified atom stereocenters. The molecule has 0 saturated heterocycles. The standard InChI is InChI=1S/C10H22O.C2H4O2/c1-4-5-6-7-8-9-10(2,3)11;1-2(3)4/h11H,4-9H2,1-3H3;1H3,(H,3,4). The average Bonchev–Trinajstić information content (AvgIpc) is 2.01. The van der Waals surface area contributed by atoms with Crippen molar-refractivity contribution < 1.29 is 15.0 Å². The zero-order valence-electron chi connectivity index (χ0n) is 10.5. The van der Waals surface area contributed by atoms with Crippen LogP contribution in [0.5, 0.6) is 0 Å². The second-order valence-electron chi connectivity index (χ2n) is 4.50. The smallest absolute Gasteiger partial charge is 0.300 e. The highest BCUT2D eigenvalue weighted by atomic mass is 16.4. The van der Waals surface area contributed by atoms with Gasteiger partial charge in [0.25, 0.3) is 5.97 Å². The fourth-order valence-electron chi connectivity index (χ4n) is 1.16. The van der Waals surface area contributed by atoms with Crippen LogP contribution in [0.1, 0.15) is 66.2 Å². The van der Waals surface area contributed by atoms with E-state index in [4.69, 9.17) is 9.90 Å². The van der Waals surface area contributed by atoms with Crippen molar-refractivity contribution in [3.63, 3.8) is 0 Å². The van der Waals surface area contributed by atoms with Crippen LogP contribution in [0.15, 0.2) is 0 Å². The molecule has 0 aromatic carbocycles. The molecule has 0 bridgehead atoms. The molecule has 0 saturated carbocycles. The van der Waals surface area contributed by atoms with Crippen LogP contribution in [0, 0.1) is 0 Å². The maximum Gasteiger partial charge on any atom is 0.300 e. The summed E-state index contributed by atoms with van der Waals surface area (Å²) in [5.41, 5.74) is -0.452. The molecule has 2 N–H and O–H groups in total. The summed E-state index contributed by atoms with van der Waals surface area (Å²) >= 11 is 0. The van der Waals surface area contributed by atoms with Crippen LogP contribution >= 0.6 is 0 Å². The Bertz CT molecular complexity index is 143. The Morgan fingerprint density at radius 2 is 1.53 bits per heavy atom. The van der Waals surface area contributed by atoms with Gasteiger partial charge in [0.15, 0.2) is 0 Å². The molecule has 0 amide bonds. The Labute approximate surface area is 93.5 Å². The number of unbranched alkanes of at least 4 members (excludes halogenated alkanes) is 4. The van der Waals surface area contributed by atoms with Gasteiger partial charge in [-0.3, -0.25) is 4.79 Å². The molecule has 0 heterocycles. The maximum absolute atomic E-state index is 9.37. The van der Waals surface area contributed by atoms with Crippen LogP contribution in [0.4, 0.5) is 0 Å². The predicted molar refractivity (Wildman–Crippen MR) is 63.0 cm³/mol. The van der Waals surface area contributed by atoms with Gasteiger partial charge in [0, 0.05) is 6.92 Å². The van der Waals surface area contributed by atoms with Crippen molar-refractivity contribution in [2.75, 3.05) is 0 Å². The predicted octanol–water partition coefficient (Wildman–Crippen LogP) is 3.21. The summed E-state index contributed by atoms with van der Waals surface area (Å²) in [6.45, 7) is 7.07. The van der Waals surface area contributed by atoms with Crippen LogP contribution in [0.2, 0.25) is 0 Å². The van der Waals surface area contributed by atoms with Crippen molar-refractivity contribution in [2.45, 2.75) is 71.8 Å². The Hall–Kier alpha value is -0.570. The molecule has 0 aliphatic heterocycles. The lowest BCUT2D eigenvalue weighted by atomic mass is 10.0. The first-order valence-electron chi connectivity index (χ1n) is 5.71. The minimum atomic E-state index is -0.833. The van der Waals surface area contributed by atoms with Crippen LogP contribution in [0.25, 0.3) is 0 Å². The summed E-state index contributed by atoms with van der Waals surface area (Å²) in [5.74, 6) is -0.833. The Morgan fingerprint density at radius 1 is 1.13 bits per heavy atom. The van der Waals surface area contributed by atoms with Crippen LogP contribution in [-0.4, -0.2) is 21.8 Å². The van der Waals surface area contributed by atoms with Gasteiger partial charge in [-0.25, -0.2) is 0 Å². The third kappa shape index (κ3) is 31.8. The van der Waals surface area contributed by atoms with E-state index >= 15 is 0 Å². The second-order valence-corrected chi connectivity index (χ2v) is 4.50. The number of carboxylic acid groups (broad SMARTS) is 1. The van der Waals surface area contributed by atoms with E-state index in [1.165, 1.54) is 32.1 Å². The van der Waals surface area contributed by atoms with Crippen molar-refractivity contribution in [1.82, 2.24) is 0 Å². The van der Waals surface area contributed by atoms with Gasteiger partial charge in [-0.2, -0.15) is 0 Å². The lowest BCUT2D eigenvalue weighted by Crippen LogP contribution is -2.17. The molecular formula is C12H26O3. The number of aliphatic hydroxyl groups is 1. The van der Waals surface area contributed by atoms with Gasteiger partial charge >= 0.3 is 0 Å². The van der Waals surface area contributed by atoms with Crippen molar-refractivity contribution in [1.29, 1.82) is 0 Å². The molecule has 0 spiro atoms. The Morgan fingerprint density at radius 3 is 1.87 bits per heavy atom. The molecule has 0 radical (unpaired) electrons. The number of hydrogen-bond acceptors (Lipinski definition) is 2. The van der Waals surface area contributed by atoms with Gasteiger partial charge in [-0.1, -0.05) is 39.0 Å². The summed E-state index contributed by atoms with van der Waals surface area (Å²) in [4.78, 5) is 9.00. The largest absolute Gasteiger partial charge is 0.481 e. The Kier molecular flexibility index (Phi) is 11.2. The Balaban J connectivity index is 0. The number of carbonyl (C=O) groups is 1. The summed E-state index contributed by atoms with van der Waals surface area (Å²) < 4.78 is 0. The van der Waals surface area contributed by atoms with Crippen LogP contribution in [0.3, 0.4) is 0 Å². The topological polar surface area (TPSA) is 57.5 Å². The third-order valence-electron chi connectivity index (χ3n) is 1.89. The maximum atomic E-state index is 9.37. The van der Waals surface area contributed by atoms with Crippen molar-refractivity contribution in [3.8, 4) is 0 Å². The number of hydrogen-bond donors (Lipinski definition) is 2. The highest BCUT2D eigenvalue weighted by Crippen LogP contribution is 2.13. The molecule has 0 rings (SSSR count). The van der Waals surface area contributed by atoms with Crippen molar-refractivity contribution in [3.05, 3.63) is 0 Å². The molecule has 0 aromatic rings. The van der Waals surface area contributed by atoms with Crippen molar-refractivity contribution in [2.24, 2.45) is 0 Å². The first-order valence-corrected chi connectivity index (χ1v) is 5.71. The quantitative estimate of drug-likeness (QED) is 0.673. The fourth-order valence-corrected chi connectivity index (χ4v) is 1.16. The third-order valence-corrected chi connectivity index (χ3v) is 1.89. The summed E-state index contributed by atoms with van der Waals surface area (Å²) in [7, 11) is 0. The number of aliphatic carboxylic acids is 1. The average molecular weight is 218 g/mol. The molecule has 0 fully saturated rings. The molecule has 0 aliphatic rings. The molecule has 0 aliphatic carbocycles. The van der Waals surface area contributed by atoms with Gasteiger partial charge in [-0.15, -0.1) is 0 Å². The van der Waals surface area contributed by atoms with Crippen molar-refractivity contribution >= 4 is 5.97 Å². The first kappa shape index (κ1) is 16.8. The van der Waals surface area contributed by atoms with E-state index in [2.05, 4.69) is 6.92 Å². The van der Waals surface area contributed by atoms with E-state index in [-0.39, 0.29) is 0 Å². The van der Waals surface area contributed by atoms with Gasteiger partial charge in [0.2, 0.25) is 0 Å². The highest BCUT2D eigenvalue weighted by Gasteiger charge is 2.10. The first-order chi connectivity index (χ1) is 6.79. The zero-order chi connectivity index (χ0) is 12.3. The second kappa shape index (κ2) is 9.97. The van der Waals surface area contributed by atoms with E-state index in [1.807, 2.05) is 13.8 Å². The fraction of sp³-hybridized carbons (Fsp3) is 0.917. The number of carboxylic acids is 1. The van der Waals surface area contributed by atoms with E-state index in [1.54, 1.807) is 0 Å². The zero-order valence-corrected chi connectivity index (χ0v) is 10.5. The minimum Gasteiger partial charge on any atom is -0.481 e. The van der Waals surface area contributed by atoms with E-state index in [0.29, 0.717) is 0 Å². The molecule has 3 nitrogen and oxygen atoms in total. The molecular weight excluding hydrogens is 192 g/mol. The van der Waals surface area contributed by atoms with Gasteiger partial charge in [0.1, 0.15) is 0 Å².